The number of benzene rings is 3. The monoisotopic (exact) mass is 459 g/mol. The number of halogens is 1. The maximum absolute atomic E-state index is 13.6. The van der Waals surface area contributed by atoms with Crippen LogP contribution in [0.2, 0.25) is 0 Å². The molecule has 0 unspecified atom stereocenters. The third-order valence-corrected chi connectivity index (χ3v) is 5.02. The Morgan fingerprint density at radius 2 is 1.79 bits per heavy atom. The van der Waals surface area contributed by atoms with E-state index in [2.05, 4.69) is 25.3 Å². The average molecular weight is 459 g/mol. The standard InChI is InChI=1S/C24H18FN5O4/c1-33-20-10-13(25)6-9-19(20)34-24-22(29-15-4-2-3-5-16(15)30-24)23(32)26-14-7-8-17-18(11-14)28-21(12-31)27-17/h2-11,31H,12H2,1H3,(H,26,32)(H,27,28). The van der Waals surface area contributed by atoms with Gasteiger partial charge in [-0.3, -0.25) is 4.79 Å². The summed E-state index contributed by atoms with van der Waals surface area (Å²) in [5.74, 6) is -0.376. The SMILES string of the molecule is COc1cc(F)ccc1Oc1nc2ccccc2nc1C(=O)Nc1ccc2nc(CO)[nH]c2c1. The summed E-state index contributed by atoms with van der Waals surface area (Å²) in [6, 6.07) is 15.9. The van der Waals surface area contributed by atoms with Crippen LogP contribution in [-0.2, 0) is 6.61 Å². The first-order valence-corrected chi connectivity index (χ1v) is 10.2. The molecule has 0 aliphatic carbocycles. The lowest BCUT2D eigenvalue weighted by Crippen LogP contribution is -2.16. The van der Waals surface area contributed by atoms with Gasteiger partial charge in [-0.15, -0.1) is 0 Å². The largest absolute Gasteiger partial charge is 0.493 e. The lowest BCUT2D eigenvalue weighted by Gasteiger charge is -2.13. The van der Waals surface area contributed by atoms with E-state index >= 15 is 0 Å². The van der Waals surface area contributed by atoms with Gasteiger partial charge in [0.2, 0.25) is 0 Å². The van der Waals surface area contributed by atoms with Crippen molar-refractivity contribution < 1.29 is 23.8 Å². The predicted octanol–water partition coefficient (Wildman–Crippen LogP) is 4.19. The third kappa shape index (κ3) is 4.09. The summed E-state index contributed by atoms with van der Waals surface area (Å²) in [4.78, 5) is 29.3. The maximum Gasteiger partial charge on any atom is 0.279 e. The lowest BCUT2D eigenvalue weighted by atomic mass is 10.2. The minimum Gasteiger partial charge on any atom is -0.493 e. The number of rotatable bonds is 6. The molecule has 5 rings (SSSR count). The zero-order valence-electron chi connectivity index (χ0n) is 17.9. The van der Waals surface area contributed by atoms with Crippen LogP contribution >= 0.6 is 0 Å². The van der Waals surface area contributed by atoms with Crippen LogP contribution in [0.5, 0.6) is 17.4 Å². The van der Waals surface area contributed by atoms with E-state index in [0.29, 0.717) is 33.6 Å². The summed E-state index contributed by atoms with van der Waals surface area (Å²) in [5, 5.41) is 12.1. The van der Waals surface area contributed by atoms with Crippen molar-refractivity contribution in [1.82, 2.24) is 19.9 Å². The second kappa shape index (κ2) is 8.75. The van der Waals surface area contributed by atoms with Crippen molar-refractivity contribution in [2.24, 2.45) is 0 Å². The molecule has 0 atom stereocenters. The highest BCUT2D eigenvalue weighted by Crippen LogP contribution is 2.33. The predicted molar refractivity (Wildman–Crippen MR) is 123 cm³/mol. The first kappa shape index (κ1) is 21.3. The van der Waals surface area contributed by atoms with Crippen molar-refractivity contribution in [2.45, 2.75) is 6.61 Å². The van der Waals surface area contributed by atoms with Gasteiger partial charge in [0.25, 0.3) is 11.8 Å². The molecule has 170 valence electrons. The van der Waals surface area contributed by atoms with E-state index in [4.69, 9.17) is 9.47 Å². The summed E-state index contributed by atoms with van der Waals surface area (Å²) < 4.78 is 24.7. The summed E-state index contributed by atoms with van der Waals surface area (Å²) in [5.41, 5.74) is 2.74. The number of hydrogen-bond donors (Lipinski definition) is 3. The summed E-state index contributed by atoms with van der Waals surface area (Å²) in [6.07, 6.45) is 0. The second-order valence-electron chi connectivity index (χ2n) is 7.29. The molecule has 0 radical (unpaired) electrons. The van der Waals surface area contributed by atoms with E-state index in [9.17, 15) is 14.3 Å². The molecule has 10 heteroatoms. The number of anilines is 1. The highest BCUT2D eigenvalue weighted by molar-refractivity contribution is 6.06. The number of H-pyrrole nitrogens is 1. The topological polar surface area (TPSA) is 122 Å². The van der Waals surface area contributed by atoms with E-state index in [1.165, 1.54) is 25.3 Å². The van der Waals surface area contributed by atoms with Crippen molar-refractivity contribution in [2.75, 3.05) is 12.4 Å². The number of para-hydroxylation sites is 2. The number of aliphatic hydroxyl groups excluding tert-OH is 1. The summed E-state index contributed by atoms with van der Waals surface area (Å²) in [7, 11) is 1.38. The van der Waals surface area contributed by atoms with E-state index in [1.54, 1.807) is 42.5 Å². The van der Waals surface area contributed by atoms with E-state index < -0.39 is 11.7 Å². The minimum atomic E-state index is -0.560. The molecule has 0 saturated carbocycles. The van der Waals surface area contributed by atoms with Crippen molar-refractivity contribution >= 4 is 33.7 Å². The quantitative estimate of drug-likeness (QED) is 0.348. The van der Waals surface area contributed by atoms with Crippen LogP contribution in [0, 0.1) is 5.82 Å². The third-order valence-electron chi connectivity index (χ3n) is 5.02. The van der Waals surface area contributed by atoms with Gasteiger partial charge in [-0.25, -0.2) is 19.3 Å². The van der Waals surface area contributed by atoms with Gasteiger partial charge in [0.1, 0.15) is 18.2 Å². The number of fused-ring (bicyclic) bond motifs is 2. The number of aromatic amines is 1. The molecule has 9 nitrogen and oxygen atoms in total. The van der Waals surface area contributed by atoms with Gasteiger partial charge in [-0.1, -0.05) is 12.1 Å². The van der Waals surface area contributed by atoms with Gasteiger partial charge in [0.15, 0.2) is 17.2 Å². The van der Waals surface area contributed by atoms with Crippen LogP contribution in [-0.4, -0.2) is 38.1 Å². The Morgan fingerprint density at radius 1 is 1.00 bits per heavy atom. The molecule has 0 bridgehead atoms. The Labute approximate surface area is 192 Å². The normalized spacial score (nSPS) is 11.0. The second-order valence-corrected chi connectivity index (χ2v) is 7.29. The van der Waals surface area contributed by atoms with E-state index in [0.717, 1.165) is 0 Å². The Kier molecular flexibility index (Phi) is 5.48. The van der Waals surface area contributed by atoms with Gasteiger partial charge in [-0.2, -0.15) is 0 Å². The molecule has 5 aromatic rings. The number of aliphatic hydroxyl groups is 1. The number of amides is 1. The molecule has 0 saturated heterocycles. The highest BCUT2D eigenvalue weighted by Gasteiger charge is 2.21. The Balaban J connectivity index is 1.53. The molecule has 2 aromatic heterocycles. The summed E-state index contributed by atoms with van der Waals surface area (Å²) in [6.45, 7) is -0.226. The minimum absolute atomic E-state index is 0.0636. The number of carbonyl (C=O) groups excluding carboxylic acids is 1. The lowest BCUT2D eigenvalue weighted by molar-refractivity contribution is 0.101. The maximum atomic E-state index is 13.6. The molecular weight excluding hydrogens is 441 g/mol. The zero-order chi connectivity index (χ0) is 23.7. The van der Waals surface area contributed by atoms with Crippen molar-refractivity contribution in [3.63, 3.8) is 0 Å². The summed E-state index contributed by atoms with van der Waals surface area (Å²) >= 11 is 0. The van der Waals surface area contributed by atoms with Gasteiger partial charge in [-0.05, 0) is 42.5 Å². The number of hydrogen-bond acceptors (Lipinski definition) is 7. The smallest absolute Gasteiger partial charge is 0.279 e. The fraction of sp³-hybridized carbons (Fsp3) is 0.0833. The molecule has 0 fully saturated rings. The molecule has 0 spiro atoms. The number of aromatic nitrogens is 4. The zero-order valence-corrected chi connectivity index (χ0v) is 17.9. The number of nitrogens with one attached hydrogen (secondary N) is 2. The van der Waals surface area contributed by atoms with Crippen LogP contribution < -0.4 is 14.8 Å². The molecule has 34 heavy (non-hydrogen) atoms. The van der Waals surface area contributed by atoms with Crippen LogP contribution in [0.15, 0.2) is 60.7 Å². The number of ether oxygens (including phenoxy) is 2. The first-order valence-electron chi connectivity index (χ1n) is 10.2. The molecular formula is C24H18FN5O4. The number of methoxy groups -OCH3 is 1. The average Bonchev–Trinajstić information content (AvgIpc) is 3.27. The van der Waals surface area contributed by atoms with E-state index in [-0.39, 0.29) is 29.7 Å². The van der Waals surface area contributed by atoms with Crippen LogP contribution in [0.4, 0.5) is 10.1 Å². The molecule has 2 heterocycles. The highest BCUT2D eigenvalue weighted by atomic mass is 19.1. The molecule has 0 aliphatic heterocycles. The Morgan fingerprint density at radius 3 is 2.56 bits per heavy atom. The molecule has 3 aromatic carbocycles. The van der Waals surface area contributed by atoms with Crippen molar-refractivity contribution in [3.05, 3.63) is 78.0 Å². The van der Waals surface area contributed by atoms with Crippen LogP contribution in [0.3, 0.4) is 0 Å². The number of imidazole rings is 1. The Bertz CT molecular complexity index is 1540. The Hall–Kier alpha value is -4.57. The molecule has 3 N–H and O–H groups in total. The number of carbonyl (C=O) groups is 1. The van der Waals surface area contributed by atoms with Gasteiger partial charge in [0.05, 0.1) is 29.2 Å². The molecule has 0 aliphatic rings. The van der Waals surface area contributed by atoms with Crippen molar-refractivity contribution in [3.8, 4) is 17.4 Å². The van der Waals surface area contributed by atoms with E-state index in [1.807, 2.05) is 0 Å². The fourth-order valence-corrected chi connectivity index (χ4v) is 3.44. The van der Waals surface area contributed by atoms with Gasteiger partial charge in [0, 0.05) is 11.8 Å². The molecule has 1 amide bonds. The van der Waals surface area contributed by atoms with Crippen LogP contribution in [0.25, 0.3) is 22.1 Å². The first-order chi connectivity index (χ1) is 16.5. The van der Waals surface area contributed by atoms with Gasteiger partial charge >= 0.3 is 0 Å². The van der Waals surface area contributed by atoms with Gasteiger partial charge < -0.3 is 24.9 Å². The fourth-order valence-electron chi connectivity index (χ4n) is 3.44. The van der Waals surface area contributed by atoms with Crippen LogP contribution in [0.1, 0.15) is 16.3 Å². The van der Waals surface area contributed by atoms with Crippen molar-refractivity contribution in [1.29, 1.82) is 0 Å². The number of nitrogens with zero attached hydrogens (tertiary/aromatic N) is 3.